The molecule has 0 saturated heterocycles. The third kappa shape index (κ3) is 9.91. The number of ketones is 2. The zero-order chi connectivity index (χ0) is 49.9. The topological polar surface area (TPSA) is 281 Å². The Balaban J connectivity index is 0.965. The van der Waals surface area contributed by atoms with E-state index in [-0.39, 0.29) is 81.4 Å². The van der Waals surface area contributed by atoms with Gasteiger partial charge in [-0.25, -0.2) is 0 Å². The summed E-state index contributed by atoms with van der Waals surface area (Å²) in [4.78, 5) is 105. The number of imide groups is 1. The van der Waals surface area contributed by atoms with Crippen molar-refractivity contribution in [3.63, 3.8) is 0 Å². The number of aliphatic hydroxyl groups excluding tert-OH is 2. The summed E-state index contributed by atoms with van der Waals surface area (Å²) < 4.78 is 0. The average molecular weight is 939 g/mol. The lowest BCUT2D eigenvalue weighted by molar-refractivity contribution is -0.137. The maximum absolute atomic E-state index is 14.3. The van der Waals surface area contributed by atoms with Crippen molar-refractivity contribution in [1.29, 1.82) is 0 Å². The standard InChI is InChI=1S/C51H50N6O12/c1-26(2)44(56-38(61)14-10-7-11-23-57-39(62)21-22-40(57)63)50(68)52-27(3)48(66)53-30-17-15-29(16-18-30)49(67)54-31-19-20-32-33(24-31)47(65)41-36(59)25-34-45(42(41)46(32)64)55-35-12-8-5-6-9-13-37(60)51(34,69)43(35)28(4)58/h5-6,15-22,24-28,35,37,43-44,55,58-60,69H,7,10-11,14,23H2,1-4H3,(H,52,68)(H,53,66)(H,54,67)(H,56,61)/b6-5-/t27-,28+,35-,37+,43?,44-,51-/m0/s1. The van der Waals surface area contributed by atoms with Crippen molar-refractivity contribution in [1.82, 2.24) is 15.5 Å². The Morgan fingerprint density at radius 3 is 2.10 bits per heavy atom. The Morgan fingerprint density at radius 2 is 1.43 bits per heavy atom. The van der Waals surface area contributed by atoms with Crippen molar-refractivity contribution < 1.29 is 58.8 Å². The third-order valence-electron chi connectivity index (χ3n) is 12.4. The van der Waals surface area contributed by atoms with E-state index in [1.54, 1.807) is 13.8 Å². The fourth-order valence-electron chi connectivity index (χ4n) is 8.80. The first-order valence-corrected chi connectivity index (χ1v) is 22.3. The number of nitrogens with one attached hydrogen (secondary N) is 5. The van der Waals surface area contributed by atoms with E-state index in [0.717, 1.165) is 11.0 Å². The first kappa shape index (κ1) is 49.0. The number of carbonyl (C=O) groups excluding carboxylic acids is 8. The van der Waals surface area contributed by atoms with Gasteiger partial charge in [0.1, 0.15) is 29.5 Å². The highest BCUT2D eigenvalue weighted by molar-refractivity contribution is 6.31. The minimum atomic E-state index is -2.36. The summed E-state index contributed by atoms with van der Waals surface area (Å²) in [6.07, 6.45) is 3.85. The molecule has 1 unspecified atom stereocenters. The molecular weight excluding hydrogens is 889 g/mol. The highest BCUT2D eigenvalue weighted by Gasteiger charge is 2.56. The molecule has 4 aliphatic rings. The van der Waals surface area contributed by atoms with Crippen LogP contribution in [0.2, 0.25) is 0 Å². The minimum absolute atomic E-state index is 0.0684. The molecule has 0 radical (unpaired) electrons. The molecule has 2 aliphatic carbocycles. The second-order valence-corrected chi connectivity index (χ2v) is 17.5. The van der Waals surface area contributed by atoms with Gasteiger partial charge in [-0.2, -0.15) is 0 Å². The maximum atomic E-state index is 14.3. The van der Waals surface area contributed by atoms with E-state index in [2.05, 4.69) is 50.3 Å². The lowest BCUT2D eigenvalue weighted by Crippen LogP contribution is -2.59. The number of aromatic hydroxyl groups is 1. The fourth-order valence-corrected chi connectivity index (χ4v) is 8.80. The highest BCUT2D eigenvalue weighted by Crippen LogP contribution is 2.51. The number of unbranched alkanes of at least 4 members (excludes halogenated alkanes) is 2. The lowest BCUT2D eigenvalue weighted by Gasteiger charge is -2.48. The van der Waals surface area contributed by atoms with Gasteiger partial charge in [0.05, 0.1) is 34.9 Å². The van der Waals surface area contributed by atoms with Crippen molar-refractivity contribution in [3.8, 4) is 29.4 Å². The van der Waals surface area contributed by atoms with E-state index in [9.17, 15) is 58.8 Å². The number of phenolic OH excluding ortho intramolecular Hbond substituents is 1. The number of hydrogen-bond donors (Lipinski definition) is 9. The molecular formula is C51H50N6O12. The molecule has 7 rings (SSSR count). The molecule has 3 aromatic carbocycles. The summed E-state index contributed by atoms with van der Waals surface area (Å²) in [7, 11) is 0. The van der Waals surface area contributed by atoms with E-state index < -0.39 is 76.9 Å². The van der Waals surface area contributed by atoms with E-state index >= 15 is 0 Å². The number of amides is 6. The molecule has 2 aliphatic heterocycles. The number of aliphatic hydroxyl groups is 3. The van der Waals surface area contributed by atoms with Crippen molar-refractivity contribution in [3.05, 3.63) is 106 Å². The molecule has 356 valence electrons. The second-order valence-electron chi connectivity index (χ2n) is 17.5. The Hall–Kier alpha value is -7.90. The van der Waals surface area contributed by atoms with Crippen LogP contribution in [0.5, 0.6) is 5.75 Å². The minimum Gasteiger partial charge on any atom is -0.507 e. The first-order chi connectivity index (χ1) is 32.8. The first-order valence-electron chi connectivity index (χ1n) is 22.3. The van der Waals surface area contributed by atoms with E-state index in [1.807, 2.05) is 0 Å². The summed E-state index contributed by atoms with van der Waals surface area (Å²) in [5.74, 6) is 4.28. The predicted octanol–water partition coefficient (Wildman–Crippen LogP) is 2.41. The number of hydrogen-bond acceptors (Lipinski definition) is 13. The van der Waals surface area contributed by atoms with Crippen LogP contribution < -0.4 is 26.6 Å². The number of fused-ring (bicyclic) bond motifs is 7. The maximum Gasteiger partial charge on any atom is 0.255 e. The third-order valence-corrected chi connectivity index (χ3v) is 12.4. The smallest absolute Gasteiger partial charge is 0.255 e. The van der Waals surface area contributed by atoms with Crippen LogP contribution in [0.15, 0.2) is 72.8 Å². The van der Waals surface area contributed by atoms with Crippen LogP contribution in [0.4, 0.5) is 17.1 Å². The summed E-state index contributed by atoms with van der Waals surface area (Å²) in [6.45, 7) is 6.63. The van der Waals surface area contributed by atoms with Gasteiger partial charge in [0.25, 0.3) is 17.7 Å². The zero-order valence-corrected chi connectivity index (χ0v) is 38.0. The molecule has 18 heteroatoms. The fraction of sp³-hybridized carbons (Fsp3) is 0.333. The molecule has 3 aromatic rings. The van der Waals surface area contributed by atoms with Gasteiger partial charge in [-0.3, -0.25) is 43.3 Å². The monoisotopic (exact) mass is 938 g/mol. The van der Waals surface area contributed by atoms with Gasteiger partial charge in [-0.15, -0.1) is 0 Å². The molecule has 0 fully saturated rings. The van der Waals surface area contributed by atoms with Gasteiger partial charge in [-0.1, -0.05) is 44.0 Å². The number of anilines is 3. The molecule has 0 spiro atoms. The van der Waals surface area contributed by atoms with E-state index in [4.69, 9.17) is 0 Å². The predicted molar refractivity (Wildman–Crippen MR) is 250 cm³/mol. The van der Waals surface area contributed by atoms with Crippen molar-refractivity contribution >= 4 is 64.1 Å². The van der Waals surface area contributed by atoms with Crippen LogP contribution in [0.3, 0.4) is 0 Å². The number of nitrogens with zero attached hydrogens (tertiary/aromatic N) is 1. The van der Waals surface area contributed by atoms with Crippen molar-refractivity contribution in [2.45, 2.75) is 89.3 Å². The van der Waals surface area contributed by atoms with Crippen molar-refractivity contribution in [2.75, 3.05) is 22.5 Å². The molecule has 9 N–H and O–H groups in total. The van der Waals surface area contributed by atoms with Gasteiger partial charge < -0.3 is 47.0 Å². The van der Waals surface area contributed by atoms with Crippen LogP contribution >= 0.6 is 0 Å². The van der Waals surface area contributed by atoms with Crippen LogP contribution in [-0.2, 0) is 29.6 Å². The molecule has 0 aromatic heterocycles. The van der Waals surface area contributed by atoms with Gasteiger partial charge in [0.2, 0.25) is 17.7 Å². The molecule has 0 saturated carbocycles. The Morgan fingerprint density at radius 1 is 0.783 bits per heavy atom. The van der Waals surface area contributed by atoms with Crippen LogP contribution in [0, 0.1) is 35.5 Å². The highest BCUT2D eigenvalue weighted by atomic mass is 16.3. The van der Waals surface area contributed by atoms with Crippen LogP contribution in [0.25, 0.3) is 0 Å². The SMILES string of the molecule is CC(C)[C@H](NC(=O)CCCCCN1C(=O)C=CC1=O)C(=O)N[C@@H](C)C(=O)Nc1ccc(C(=O)Nc2ccc3c(c2)C(=O)c2c(O)cc4c(c2C3=O)N[C@H]2C#C/C=C\C#C[C@@H](O)[C@]4(O)C2[C@@H](C)O)cc1. The lowest BCUT2D eigenvalue weighted by atomic mass is 9.66. The number of phenols is 1. The van der Waals surface area contributed by atoms with E-state index in [1.165, 1.54) is 80.6 Å². The quantitative estimate of drug-likeness (QED) is 0.0359. The Bertz CT molecular complexity index is 2850. The summed E-state index contributed by atoms with van der Waals surface area (Å²) in [5.41, 5.74) is -2.87. The Labute approximate surface area is 396 Å². The summed E-state index contributed by atoms with van der Waals surface area (Å²) >= 11 is 0. The number of benzene rings is 3. The molecule has 2 bridgehead atoms. The number of carbonyl (C=O) groups is 8. The average Bonchev–Trinajstić information content (AvgIpc) is 3.62. The van der Waals surface area contributed by atoms with Gasteiger partial charge in [0.15, 0.2) is 11.6 Å². The summed E-state index contributed by atoms with van der Waals surface area (Å²) in [6, 6.07) is 7.89. The molecule has 7 atom stereocenters. The number of rotatable bonds is 15. The molecule has 69 heavy (non-hydrogen) atoms. The van der Waals surface area contributed by atoms with Crippen molar-refractivity contribution in [2.24, 2.45) is 11.8 Å². The van der Waals surface area contributed by atoms with E-state index in [0.29, 0.717) is 24.9 Å². The normalized spacial score (nSPS) is 21.4. The summed E-state index contributed by atoms with van der Waals surface area (Å²) in [5, 5.41) is 59.5. The van der Waals surface area contributed by atoms with Gasteiger partial charge in [-0.05, 0) is 93.3 Å². The molecule has 18 nitrogen and oxygen atoms in total. The van der Waals surface area contributed by atoms with Gasteiger partial charge in [0, 0.05) is 58.7 Å². The van der Waals surface area contributed by atoms with Gasteiger partial charge >= 0.3 is 0 Å². The largest absolute Gasteiger partial charge is 0.507 e. The number of allylic oxidation sites excluding steroid dienone is 2. The van der Waals surface area contributed by atoms with Crippen LogP contribution in [0.1, 0.15) is 101 Å². The Kier molecular flexibility index (Phi) is 14.3. The second kappa shape index (κ2) is 20.1. The molecule has 2 heterocycles. The van der Waals surface area contributed by atoms with Crippen LogP contribution in [-0.4, -0.2) is 109 Å². The zero-order valence-electron chi connectivity index (χ0n) is 38.0. The molecule has 6 amide bonds.